The number of sulfone groups is 1. The van der Waals surface area contributed by atoms with Crippen LogP contribution in [0.5, 0.6) is 0 Å². The monoisotopic (exact) mass is 630 g/mol. The zero-order valence-corrected chi connectivity index (χ0v) is 24.0. The van der Waals surface area contributed by atoms with Crippen LogP contribution in [0.4, 0.5) is 0 Å². The zero-order valence-electron chi connectivity index (χ0n) is 19.2. The van der Waals surface area contributed by atoms with Gasteiger partial charge in [0.2, 0.25) is 9.84 Å². The van der Waals surface area contributed by atoms with Crippen LogP contribution in [0.3, 0.4) is 0 Å². The van der Waals surface area contributed by atoms with Gasteiger partial charge in [0.25, 0.3) is 0 Å². The minimum atomic E-state index is -3.40. The second kappa shape index (κ2) is 12.7. The summed E-state index contributed by atoms with van der Waals surface area (Å²) in [4.78, 5) is 0.663. The van der Waals surface area contributed by atoms with Gasteiger partial charge >= 0.3 is 0 Å². The molecule has 0 saturated heterocycles. The van der Waals surface area contributed by atoms with E-state index >= 15 is 0 Å². The van der Waals surface area contributed by atoms with Gasteiger partial charge in [-0.15, -0.1) is 0 Å². The highest BCUT2D eigenvalue weighted by atomic mass is 79.9. The molecule has 0 atom stereocenters. The molecule has 0 aliphatic carbocycles. The van der Waals surface area contributed by atoms with Gasteiger partial charge in [-0.1, -0.05) is 122 Å². The number of rotatable bonds is 6. The van der Waals surface area contributed by atoms with Gasteiger partial charge in [-0.05, 0) is 59.5 Å². The van der Waals surface area contributed by atoms with E-state index in [1.54, 1.807) is 36.4 Å². The van der Waals surface area contributed by atoms with Crippen LogP contribution in [-0.2, 0) is 20.5 Å². The molecule has 0 amide bonds. The number of benzene rings is 4. The predicted octanol–water partition coefficient (Wildman–Crippen LogP) is 9.02. The Bertz CT molecular complexity index is 1380. The molecule has 4 aromatic rings. The van der Waals surface area contributed by atoms with Crippen molar-refractivity contribution in [3.8, 4) is 0 Å². The molecule has 0 spiro atoms. The van der Waals surface area contributed by atoms with Crippen LogP contribution < -0.4 is 0 Å². The Morgan fingerprint density at radius 2 is 1.20 bits per heavy atom. The fourth-order valence-corrected chi connectivity index (χ4v) is 5.53. The molecular weight excluding hydrogens is 608 g/mol. The van der Waals surface area contributed by atoms with Crippen molar-refractivity contribution < 1.29 is 8.42 Å². The van der Waals surface area contributed by atoms with Crippen LogP contribution >= 0.6 is 43.5 Å². The fraction of sp³-hybridized carbons (Fsp3) is 0.103. The molecule has 0 radical (unpaired) electrons. The van der Waals surface area contributed by atoms with Crippen LogP contribution in [0.15, 0.2) is 113 Å². The van der Waals surface area contributed by atoms with Crippen LogP contribution in [0, 0.1) is 6.92 Å². The van der Waals surface area contributed by atoms with Crippen molar-refractivity contribution in [1.82, 2.24) is 0 Å². The van der Waals surface area contributed by atoms with Gasteiger partial charge in [-0.3, -0.25) is 0 Å². The van der Waals surface area contributed by atoms with Crippen molar-refractivity contribution in [3.05, 3.63) is 136 Å². The molecule has 4 rings (SSSR count). The normalized spacial score (nSPS) is 10.9. The maximum absolute atomic E-state index is 12.3. The molecule has 0 aromatic heterocycles. The second-order valence-electron chi connectivity index (χ2n) is 7.88. The van der Waals surface area contributed by atoms with Crippen molar-refractivity contribution in [1.29, 1.82) is 0 Å². The van der Waals surface area contributed by atoms with E-state index in [0.717, 1.165) is 43.5 Å². The summed E-state index contributed by atoms with van der Waals surface area (Å²) in [6.07, 6.45) is 0. The summed E-state index contributed by atoms with van der Waals surface area (Å²) in [5, 5.41) is 2.33. The molecule has 6 heteroatoms. The van der Waals surface area contributed by atoms with Crippen LogP contribution in [0.1, 0.15) is 27.8 Å². The molecule has 0 unspecified atom stereocenters. The summed E-state index contributed by atoms with van der Waals surface area (Å²) in [7, 11) is -3.40. The fourth-order valence-electron chi connectivity index (χ4n) is 3.27. The molecule has 0 fully saturated rings. The van der Waals surface area contributed by atoms with E-state index in [2.05, 4.69) is 62.7 Å². The summed E-state index contributed by atoms with van der Waals surface area (Å²) >= 11 is 12.9. The van der Waals surface area contributed by atoms with Gasteiger partial charge in [-0.2, -0.15) is 0 Å². The van der Waals surface area contributed by atoms with E-state index in [1.165, 1.54) is 5.56 Å². The van der Waals surface area contributed by atoms with Crippen molar-refractivity contribution in [2.75, 3.05) is 0 Å². The topological polar surface area (TPSA) is 34.1 Å². The van der Waals surface area contributed by atoms with E-state index in [1.807, 2.05) is 43.3 Å². The third-order valence-electron chi connectivity index (χ3n) is 5.37. The highest BCUT2D eigenvalue weighted by Gasteiger charge is 2.16. The van der Waals surface area contributed by atoms with Crippen molar-refractivity contribution in [3.63, 3.8) is 0 Å². The maximum Gasteiger partial charge on any atom is 0.206 e. The first-order chi connectivity index (χ1) is 16.8. The lowest BCUT2D eigenvalue weighted by Gasteiger charge is -2.08. The SMILES string of the molecule is C=C(c1ccc(CBr)cc1)c1ccccc1Cl.Cc1ccc(S(=O)(=O)c2ccc(CBr)cc2)cc1. The number of alkyl halides is 2. The summed E-state index contributed by atoms with van der Waals surface area (Å²) in [5.74, 6) is 0. The Morgan fingerprint density at radius 1 is 0.743 bits per heavy atom. The van der Waals surface area contributed by atoms with Gasteiger partial charge in [0, 0.05) is 21.2 Å². The van der Waals surface area contributed by atoms with Gasteiger partial charge < -0.3 is 0 Å². The van der Waals surface area contributed by atoms with E-state index < -0.39 is 9.84 Å². The minimum Gasteiger partial charge on any atom is -0.219 e. The number of halogens is 3. The summed E-state index contributed by atoms with van der Waals surface area (Å²) in [5.41, 5.74) is 6.39. The Balaban J connectivity index is 0.000000196. The lowest BCUT2D eigenvalue weighted by Crippen LogP contribution is -2.01. The summed E-state index contributed by atoms with van der Waals surface area (Å²) < 4.78 is 24.7. The van der Waals surface area contributed by atoms with Crippen LogP contribution in [-0.4, -0.2) is 8.42 Å². The van der Waals surface area contributed by atoms with Gasteiger partial charge in [0.05, 0.1) is 9.79 Å². The Morgan fingerprint density at radius 3 is 1.69 bits per heavy atom. The number of aryl methyl sites for hydroxylation is 1. The molecule has 0 saturated carbocycles. The lowest BCUT2D eigenvalue weighted by atomic mass is 9.99. The molecule has 0 heterocycles. The van der Waals surface area contributed by atoms with E-state index in [4.69, 9.17) is 11.6 Å². The van der Waals surface area contributed by atoms with Gasteiger partial charge in [0.15, 0.2) is 0 Å². The van der Waals surface area contributed by atoms with Crippen LogP contribution in [0.25, 0.3) is 5.57 Å². The van der Waals surface area contributed by atoms with Gasteiger partial charge in [0.1, 0.15) is 0 Å². The molecule has 180 valence electrons. The third-order valence-corrected chi connectivity index (χ3v) is 8.79. The maximum atomic E-state index is 12.3. The largest absolute Gasteiger partial charge is 0.219 e. The first-order valence-electron chi connectivity index (χ1n) is 10.8. The molecule has 4 aromatic carbocycles. The highest BCUT2D eigenvalue weighted by Crippen LogP contribution is 2.28. The molecule has 2 nitrogen and oxygen atoms in total. The predicted molar refractivity (Wildman–Crippen MR) is 154 cm³/mol. The Kier molecular flexibility index (Phi) is 9.93. The first kappa shape index (κ1) is 27.4. The average Bonchev–Trinajstić information content (AvgIpc) is 2.89. The van der Waals surface area contributed by atoms with Crippen molar-refractivity contribution in [2.24, 2.45) is 0 Å². The zero-order chi connectivity index (χ0) is 25.4. The first-order valence-corrected chi connectivity index (χ1v) is 14.9. The van der Waals surface area contributed by atoms with E-state index in [9.17, 15) is 8.42 Å². The molecule has 35 heavy (non-hydrogen) atoms. The van der Waals surface area contributed by atoms with Crippen LogP contribution in [0.2, 0.25) is 5.02 Å². The third kappa shape index (κ3) is 7.17. The summed E-state index contributed by atoms with van der Waals surface area (Å²) in [6, 6.07) is 29.9. The van der Waals surface area contributed by atoms with Crippen molar-refractivity contribution >= 4 is 58.9 Å². The lowest BCUT2D eigenvalue weighted by molar-refractivity contribution is 0.596. The second-order valence-corrected chi connectivity index (χ2v) is 11.4. The smallest absolute Gasteiger partial charge is 0.206 e. The number of hydrogen-bond donors (Lipinski definition) is 0. The molecule has 0 N–H and O–H groups in total. The molecular formula is C29H25Br2ClO2S. The summed E-state index contributed by atoms with van der Waals surface area (Å²) in [6.45, 7) is 6.05. The Labute approximate surface area is 229 Å². The molecule has 0 aliphatic rings. The van der Waals surface area contributed by atoms with E-state index in [-0.39, 0.29) is 0 Å². The quantitative estimate of drug-likeness (QED) is 0.199. The van der Waals surface area contributed by atoms with Crippen molar-refractivity contribution in [2.45, 2.75) is 27.4 Å². The highest BCUT2D eigenvalue weighted by molar-refractivity contribution is 9.08. The Hall–Kier alpha value is -2.18. The molecule has 0 aliphatic heterocycles. The molecule has 0 bridgehead atoms. The minimum absolute atomic E-state index is 0.330. The number of hydrogen-bond acceptors (Lipinski definition) is 2. The standard InChI is InChI=1S/C15H12BrCl.C14H13BrO2S/c1-11(14-4-2-3-5-15(14)17)13-8-6-12(10-16)7-9-13;1-11-2-6-13(7-3-11)18(16,17)14-8-4-12(10-15)5-9-14/h2-9H,1,10H2;2-9H,10H2,1H3. The average molecular weight is 633 g/mol. The van der Waals surface area contributed by atoms with E-state index in [0.29, 0.717) is 9.79 Å². The van der Waals surface area contributed by atoms with Gasteiger partial charge in [-0.25, -0.2) is 8.42 Å².